The van der Waals surface area contributed by atoms with E-state index < -0.39 is 10.0 Å². The van der Waals surface area contributed by atoms with Gasteiger partial charge in [0.15, 0.2) is 5.03 Å². The zero-order chi connectivity index (χ0) is 13.2. The second kappa shape index (κ2) is 5.34. The van der Waals surface area contributed by atoms with Gasteiger partial charge in [0.2, 0.25) is 0 Å². The minimum atomic E-state index is -3.43. The highest BCUT2D eigenvalue weighted by molar-refractivity contribution is 7.89. The minimum absolute atomic E-state index is 0.120. The summed E-state index contributed by atoms with van der Waals surface area (Å²) in [5, 5.41) is 0.120. The molecular formula is C12H19N3O2S. The lowest BCUT2D eigenvalue weighted by Crippen LogP contribution is -2.38. The average molecular weight is 269 g/mol. The van der Waals surface area contributed by atoms with Gasteiger partial charge in [0, 0.05) is 25.8 Å². The van der Waals surface area contributed by atoms with Crippen LogP contribution in [0.2, 0.25) is 0 Å². The van der Waals surface area contributed by atoms with Crippen molar-refractivity contribution in [1.82, 2.24) is 9.29 Å². The van der Waals surface area contributed by atoms with Crippen LogP contribution in [0.25, 0.3) is 0 Å². The molecule has 2 N–H and O–H groups in total. The molecule has 1 fully saturated rings. The molecule has 0 amide bonds. The Morgan fingerprint density at radius 3 is 2.56 bits per heavy atom. The van der Waals surface area contributed by atoms with Crippen molar-refractivity contribution in [1.29, 1.82) is 0 Å². The van der Waals surface area contributed by atoms with Crippen LogP contribution in [0.5, 0.6) is 0 Å². The van der Waals surface area contributed by atoms with E-state index in [1.807, 2.05) is 0 Å². The van der Waals surface area contributed by atoms with Crippen molar-refractivity contribution in [3.63, 3.8) is 0 Å². The highest BCUT2D eigenvalue weighted by Crippen LogP contribution is 2.22. The number of sulfonamides is 1. The lowest BCUT2D eigenvalue weighted by atomic mass is 10.0. The average Bonchev–Trinajstić information content (AvgIpc) is 2.39. The maximum Gasteiger partial charge on any atom is 0.260 e. The zero-order valence-corrected chi connectivity index (χ0v) is 11.4. The minimum Gasteiger partial charge on any atom is -0.326 e. The first-order valence-electron chi connectivity index (χ1n) is 6.19. The lowest BCUT2D eigenvalue weighted by molar-refractivity contribution is 0.287. The van der Waals surface area contributed by atoms with Crippen LogP contribution in [0.4, 0.5) is 0 Å². The second-order valence-electron chi connectivity index (χ2n) is 4.80. The Labute approximate surface area is 108 Å². The Balaban J connectivity index is 2.19. The monoisotopic (exact) mass is 269 g/mol. The summed E-state index contributed by atoms with van der Waals surface area (Å²) >= 11 is 0. The topological polar surface area (TPSA) is 76.3 Å². The van der Waals surface area contributed by atoms with Crippen molar-refractivity contribution in [2.75, 3.05) is 13.1 Å². The molecule has 0 aromatic carbocycles. The zero-order valence-electron chi connectivity index (χ0n) is 10.5. The van der Waals surface area contributed by atoms with Gasteiger partial charge in [-0.2, -0.15) is 4.31 Å². The number of pyridine rings is 1. The van der Waals surface area contributed by atoms with Gasteiger partial charge in [-0.05, 0) is 30.4 Å². The van der Waals surface area contributed by atoms with Crippen molar-refractivity contribution in [3.8, 4) is 0 Å². The molecule has 1 aromatic rings. The van der Waals surface area contributed by atoms with Gasteiger partial charge < -0.3 is 5.73 Å². The molecule has 2 rings (SSSR count). The summed E-state index contributed by atoms with van der Waals surface area (Å²) in [5.74, 6) is 0.601. The first-order valence-corrected chi connectivity index (χ1v) is 7.63. The summed E-state index contributed by atoms with van der Waals surface area (Å²) in [6, 6.07) is 3.25. The van der Waals surface area contributed by atoms with Crippen LogP contribution in [-0.4, -0.2) is 30.8 Å². The molecule has 0 radical (unpaired) electrons. The molecular weight excluding hydrogens is 250 g/mol. The molecule has 0 saturated carbocycles. The number of nitrogens with two attached hydrogens (primary N) is 1. The number of hydrogen-bond acceptors (Lipinski definition) is 4. The van der Waals surface area contributed by atoms with Crippen LogP contribution in [0.15, 0.2) is 23.4 Å². The smallest absolute Gasteiger partial charge is 0.260 e. The number of hydrogen-bond donors (Lipinski definition) is 1. The SMILES string of the molecule is CC1CCN(S(=O)(=O)c2ccc(CN)cn2)CC1. The molecule has 1 aliphatic rings. The maximum absolute atomic E-state index is 12.3. The number of piperidine rings is 1. The maximum atomic E-state index is 12.3. The van der Waals surface area contributed by atoms with Gasteiger partial charge in [-0.25, -0.2) is 13.4 Å². The molecule has 1 aromatic heterocycles. The fourth-order valence-corrected chi connectivity index (χ4v) is 3.42. The highest BCUT2D eigenvalue weighted by Gasteiger charge is 2.28. The van der Waals surface area contributed by atoms with Gasteiger partial charge in [0.1, 0.15) is 0 Å². The van der Waals surface area contributed by atoms with E-state index in [0.717, 1.165) is 18.4 Å². The van der Waals surface area contributed by atoms with Crippen LogP contribution in [0.1, 0.15) is 25.3 Å². The van der Waals surface area contributed by atoms with E-state index in [9.17, 15) is 8.42 Å². The van der Waals surface area contributed by atoms with Crippen LogP contribution < -0.4 is 5.73 Å². The third-order valence-corrected chi connectivity index (χ3v) is 5.20. The first-order chi connectivity index (χ1) is 8.54. The van der Waals surface area contributed by atoms with E-state index in [-0.39, 0.29) is 5.03 Å². The molecule has 0 aliphatic carbocycles. The molecule has 2 heterocycles. The van der Waals surface area contributed by atoms with E-state index in [0.29, 0.717) is 25.6 Å². The predicted octanol–water partition coefficient (Wildman–Crippen LogP) is 0.961. The molecule has 1 saturated heterocycles. The third kappa shape index (κ3) is 2.71. The van der Waals surface area contributed by atoms with E-state index in [1.165, 1.54) is 16.6 Å². The molecule has 0 atom stereocenters. The van der Waals surface area contributed by atoms with Gasteiger partial charge in [0.25, 0.3) is 10.0 Å². The molecule has 0 unspecified atom stereocenters. The van der Waals surface area contributed by atoms with Crippen LogP contribution in [-0.2, 0) is 16.6 Å². The Hall–Kier alpha value is -0.980. The third-order valence-electron chi connectivity index (χ3n) is 3.38. The first kappa shape index (κ1) is 13.5. The molecule has 1 aliphatic heterocycles. The summed E-state index contributed by atoms with van der Waals surface area (Å²) in [6.45, 7) is 3.69. The summed E-state index contributed by atoms with van der Waals surface area (Å²) in [7, 11) is -3.43. The summed E-state index contributed by atoms with van der Waals surface area (Å²) in [6.07, 6.45) is 3.36. The number of rotatable bonds is 3. The summed E-state index contributed by atoms with van der Waals surface area (Å²) < 4.78 is 26.2. The quantitative estimate of drug-likeness (QED) is 0.886. The normalized spacial score (nSPS) is 19.0. The Bertz CT molecular complexity index is 491. The Kier molecular flexibility index (Phi) is 3.99. The van der Waals surface area contributed by atoms with Gasteiger partial charge in [-0.1, -0.05) is 13.0 Å². The fraction of sp³-hybridized carbons (Fsp3) is 0.583. The summed E-state index contributed by atoms with van der Waals surface area (Å²) in [5.41, 5.74) is 6.30. The molecule has 0 spiro atoms. The largest absolute Gasteiger partial charge is 0.326 e. The van der Waals surface area contributed by atoms with Gasteiger partial charge in [-0.15, -0.1) is 0 Å². The second-order valence-corrected chi connectivity index (χ2v) is 6.68. The summed E-state index contributed by atoms with van der Waals surface area (Å²) in [4.78, 5) is 4.01. The van der Waals surface area contributed by atoms with Crippen molar-refractivity contribution in [3.05, 3.63) is 23.9 Å². The van der Waals surface area contributed by atoms with Crippen molar-refractivity contribution >= 4 is 10.0 Å². The van der Waals surface area contributed by atoms with Crippen molar-refractivity contribution in [2.24, 2.45) is 11.7 Å². The van der Waals surface area contributed by atoms with E-state index in [4.69, 9.17) is 5.73 Å². The highest BCUT2D eigenvalue weighted by atomic mass is 32.2. The standard InChI is InChI=1S/C12H19N3O2S/c1-10-4-6-15(7-5-10)18(16,17)12-3-2-11(8-13)9-14-12/h2-3,9-10H,4-8,13H2,1H3. The Morgan fingerprint density at radius 2 is 2.06 bits per heavy atom. The van der Waals surface area contributed by atoms with Crippen LogP contribution >= 0.6 is 0 Å². The Morgan fingerprint density at radius 1 is 1.39 bits per heavy atom. The molecule has 5 nitrogen and oxygen atoms in total. The fourth-order valence-electron chi connectivity index (χ4n) is 2.04. The lowest BCUT2D eigenvalue weighted by Gasteiger charge is -2.28. The van der Waals surface area contributed by atoms with Gasteiger partial charge in [-0.3, -0.25) is 0 Å². The number of nitrogens with zero attached hydrogens (tertiary/aromatic N) is 2. The number of aromatic nitrogens is 1. The van der Waals surface area contributed by atoms with Crippen molar-refractivity contribution < 1.29 is 8.42 Å². The molecule has 100 valence electrons. The molecule has 0 bridgehead atoms. The molecule has 6 heteroatoms. The van der Waals surface area contributed by atoms with Crippen LogP contribution in [0, 0.1) is 5.92 Å². The van der Waals surface area contributed by atoms with Crippen molar-refractivity contribution in [2.45, 2.75) is 31.3 Å². The van der Waals surface area contributed by atoms with E-state index >= 15 is 0 Å². The predicted molar refractivity (Wildman–Crippen MR) is 69.3 cm³/mol. The van der Waals surface area contributed by atoms with Crippen LogP contribution in [0.3, 0.4) is 0 Å². The van der Waals surface area contributed by atoms with Gasteiger partial charge in [0.05, 0.1) is 0 Å². The van der Waals surface area contributed by atoms with E-state index in [1.54, 1.807) is 6.07 Å². The molecule has 18 heavy (non-hydrogen) atoms. The van der Waals surface area contributed by atoms with Gasteiger partial charge >= 0.3 is 0 Å². The van der Waals surface area contributed by atoms with E-state index in [2.05, 4.69) is 11.9 Å².